The van der Waals surface area contributed by atoms with Crippen molar-refractivity contribution in [2.45, 2.75) is 0 Å². The van der Waals surface area contributed by atoms with Crippen LogP contribution in [0, 0.1) is 0 Å². The third-order valence-electron chi connectivity index (χ3n) is 7.25. The fourth-order valence-electron chi connectivity index (χ4n) is 5.45. The normalized spacial score (nSPS) is 11.0. The first-order chi connectivity index (χ1) is 21.0. The molecule has 4 aromatic carbocycles. The number of nitrogens with zero attached hydrogens (tertiary/aromatic N) is 2. The number of esters is 2. The van der Waals surface area contributed by atoms with Crippen LogP contribution in [0.15, 0.2) is 120 Å². The zero-order chi connectivity index (χ0) is 30.1. The lowest BCUT2D eigenvalue weighted by Crippen LogP contribution is -2.25. The number of carbonyl (C=O) groups excluding carboxylic acids is 2. The Labute approximate surface area is 252 Å². The molecule has 7 nitrogen and oxygen atoms in total. The summed E-state index contributed by atoms with van der Waals surface area (Å²) in [6.45, 7) is 0. The van der Waals surface area contributed by atoms with Gasteiger partial charge in [0, 0.05) is 21.8 Å². The Balaban J connectivity index is 1.99. The summed E-state index contributed by atoms with van der Waals surface area (Å²) in [7, 11) is 2.44. The maximum atomic E-state index is 14.9. The van der Waals surface area contributed by atoms with Gasteiger partial charge in [-0.05, 0) is 29.8 Å². The number of ether oxygens (including phenoxy) is 2. The Morgan fingerprint density at radius 3 is 1.58 bits per heavy atom. The number of para-hydroxylation sites is 1. The maximum Gasteiger partial charge on any atom is 0.341 e. The van der Waals surface area contributed by atoms with Gasteiger partial charge in [0.15, 0.2) is 0 Å². The molecule has 0 aliphatic rings. The number of fused-ring (bicyclic) bond motifs is 1. The first-order valence-electron chi connectivity index (χ1n) is 13.4. The highest BCUT2D eigenvalue weighted by Crippen LogP contribution is 2.41. The maximum absolute atomic E-state index is 14.9. The van der Waals surface area contributed by atoms with Crippen LogP contribution < -0.4 is 5.56 Å². The van der Waals surface area contributed by atoms with E-state index in [-0.39, 0.29) is 16.6 Å². The first kappa shape index (κ1) is 27.8. The highest BCUT2D eigenvalue weighted by molar-refractivity contribution is 6.30. The van der Waals surface area contributed by atoms with Crippen LogP contribution in [0.25, 0.3) is 45.0 Å². The molecule has 6 aromatic rings. The summed E-state index contributed by atoms with van der Waals surface area (Å²) in [5, 5.41) is 0.483. The van der Waals surface area contributed by atoms with E-state index in [9.17, 15) is 14.4 Å². The number of hydrogen-bond donors (Lipinski definition) is 0. The molecule has 0 aliphatic carbocycles. The minimum atomic E-state index is -0.846. The summed E-state index contributed by atoms with van der Waals surface area (Å²) in [4.78, 5) is 42.0. The molecule has 0 N–H and O–H groups in total. The molecule has 0 saturated carbocycles. The Bertz CT molecular complexity index is 2030. The van der Waals surface area contributed by atoms with Gasteiger partial charge in [0.2, 0.25) is 0 Å². The average molecular weight is 589 g/mol. The zero-order valence-electron chi connectivity index (χ0n) is 23.3. The number of carbonyl (C=O) groups is 2. The summed E-state index contributed by atoms with van der Waals surface area (Å²) in [5.74, 6) is -1.64. The molecule has 0 spiro atoms. The largest absolute Gasteiger partial charge is 0.465 e. The van der Waals surface area contributed by atoms with E-state index in [1.165, 1.54) is 14.2 Å². The average Bonchev–Trinajstić information content (AvgIpc) is 3.42. The minimum absolute atomic E-state index is 0.0282. The van der Waals surface area contributed by atoms with E-state index in [1.54, 1.807) is 33.2 Å². The molecule has 0 fully saturated rings. The first-order valence-corrected chi connectivity index (χ1v) is 13.8. The second-order valence-corrected chi connectivity index (χ2v) is 10.1. The van der Waals surface area contributed by atoms with Crippen molar-refractivity contribution in [2.75, 3.05) is 14.2 Å². The van der Waals surface area contributed by atoms with Crippen LogP contribution in [-0.2, 0) is 9.47 Å². The second-order valence-electron chi connectivity index (χ2n) is 9.68. The van der Waals surface area contributed by atoms with E-state index < -0.39 is 17.5 Å². The lowest BCUT2D eigenvalue weighted by atomic mass is 10.0. The van der Waals surface area contributed by atoms with Crippen molar-refractivity contribution in [2.24, 2.45) is 0 Å². The third kappa shape index (κ3) is 4.70. The van der Waals surface area contributed by atoms with Crippen molar-refractivity contribution in [1.29, 1.82) is 0 Å². The van der Waals surface area contributed by atoms with Gasteiger partial charge in [0.1, 0.15) is 16.6 Å². The van der Waals surface area contributed by atoms with Crippen LogP contribution in [-0.4, -0.2) is 35.1 Å². The topological polar surface area (TPSA) is 79.0 Å². The molecule has 0 bridgehead atoms. The van der Waals surface area contributed by atoms with Gasteiger partial charge in [0.05, 0.1) is 31.3 Å². The van der Waals surface area contributed by atoms with Gasteiger partial charge in [-0.3, -0.25) is 9.36 Å². The molecule has 2 aromatic heterocycles. The van der Waals surface area contributed by atoms with Crippen molar-refractivity contribution in [1.82, 2.24) is 8.97 Å². The number of rotatable bonds is 6. The van der Waals surface area contributed by atoms with E-state index in [2.05, 4.69) is 0 Å². The minimum Gasteiger partial charge on any atom is -0.465 e. The van der Waals surface area contributed by atoms with E-state index in [4.69, 9.17) is 21.1 Å². The molecule has 6 rings (SSSR count). The van der Waals surface area contributed by atoms with Gasteiger partial charge < -0.3 is 13.9 Å². The second kappa shape index (κ2) is 11.5. The summed E-state index contributed by atoms with van der Waals surface area (Å²) >= 11 is 6.25. The van der Waals surface area contributed by atoms with Crippen LogP contribution in [0.4, 0.5) is 0 Å². The predicted octanol–water partition coefficient (Wildman–Crippen LogP) is 7.32. The van der Waals surface area contributed by atoms with Gasteiger partial charge in [0.25, 0.3) is 5.56 Å². The van der Waals surface area contributed by atoms with Gasteiger partial charge in [-0.25, -0.2) is 9.59 Å². The summed E-state index contributed by atoms with van der Waals surface area (Å²) in [6.07, 6.45) is 0. The van der Waals surface area contributed by atoms with Gasteiger partial charge in [-0.15, -0.1) is 0 Å². The number of hydrogen-bond acceptors (Lipinski definition) is 5. The molecule has 0 aliphatic heterocycles. The van der Waals surface area contributed by atoms with E-state index >= 15 is 0 Å². The van der Waals surface area contributed by atoms with Gasteiger partial charge >= 0.3 is 11.9 Å². The van der Waals surface area contributed by atoms with Crippen molar-refractivity contribution >= 4 is 29.1 Å². The Morgan fingerprint density at radius 1 is 0.581 bits per heavy atom. The Hall–Kier alpha value is -5.40. The van der Waals surface area contributed by atoms with E-state index in [0.717, 1.165) is 11.1 Å². The molecule has 212 valence electrons. The van der Waals surface area contributed by atoms with Crippen LogP contribution in [0.2, 0.25) is 5.02 Å². The smallest absolute Gasteiger partial charge is 0.341 e. The summed E-state index contributed by atoms with van der Waals surface area (Å²) < 4.78 is 13.6. The Kier molecular flexibility index (Phi) is 7.40. The van der Waals surface area contributed by atoms with Gasteiger partial charge in [-0.1, -0.05) is 103 Å². The molecule has 0 amide bonds. The fraction of sp³-hybridized carbons (Fsp3) is 0.0571. The highest BCUT2D eigenvalue weighted by atomic mass is 35.5. The van der Waals surface area contributed by atoms with Crippen molar-refractivity contribution in [3.8, 4) is 39.5 Å². The van der Waals surface area contributed by atoms with Crippen molar-refractivity contribution in [3.63, 3.8) is 0 Å². The van der Waals surface area contributed by atoms with Crippen molar-refractivity contribution < 1.29 is 19.1 Å². The summed E-state index contributed by atoms with van der Waals surface area (Å²) in [5.41, 5.74) is 3.24. The number of aromatic nitrogens is 2. The van der Waals surface area contributed by atoms with E-state index in [0.29, 0.717) is 33.4 Å². The quantitative estimate of drug-likeness (QED) is 0.191. The van der Waals surface area contributed by atoms with Crippen LogP contribution in [0.3, 0.4) is 0 Å². The van der Waals surface area contributed by atoms with Crippen molar-refractivity contribution in [3.05, 3.63) is 142 Å². The molecule has 8 heteroatoms. The summed E-state index contributed by atoms with van der Waals surface area (Å²) in [6, 6.07) is 35.0. The number of halogens is 1. The van der Waals surface area contributed by atoms with Crippen LogP contribution >= 0.6 is 11.6 Å². The van der Waals surface area contributed by atoms with Gasteiger partial charge in [-0.2, -0.15) is 0 Å². The fourth-order valence-corrected chi connectivity index (χ4v) is 5.57. The van der Waals surface area contributed by atoms with Crippen LogP contribution in [0.5, 0.6) is 0 Å². The lowest BCUT2D eigenvalue weighted by Gasteiger charge is -2.22. The molecular formula is C35H25ClN2O5. The molecule has 2 heterocycles. The molecule has 43 heavy (non-hydrogen) atoms. The SMILES string of the molecule is COC(=O)c1c(C(=O)OC)c2c(=O)n(-c3ccccc3)c(-c3ccccc3)c(-c3ccccc3)n2c1-c1ccc(Cl)cc1. The predicted molar refractivity (Wildman–Crippen MR) is 167 cm³/mol. The zero-order valence-corrected chi connectivity index (χ0v) is 24.0. The Morgan fingerprint density at radius 2 is 1.05 bits per heavy atom. The highest BCUT2D eigenvalue weighted by Gasteiger charge is 2.35. The number of benzene rings is 4. The molecule has 0 atom stereocenters. The molecular weight excluding hydrogens is 564 g/mol. The molecule has 0 unspecified atom stereocenters. The standard InChI is InChI=1S/C35H25ClN2O5/c1-42-34(40)27-28(35(41)43-2)32-33(39)37(26-16-10-5-11-17-26)30(22-12-6-3-7-13-22)31(23-14-8-4-9-15-23)38(32)29(27)24-18-20-25(36)21-19-24/h3-21H,1-2H3. The third-order valence-corrected chi connectivity index (χ3v) is 7.51. The number of methoxy groups -OCH3 is 2. The van der Waals surface area contributed by atoms with Crippen LogP contribution in [0.1, 0.15) is 20.7 Å². The lowest BCUT2D eigenvalue weighted by molar-refractivity contribution is 0.0558. The monoisotopic (exact) mass is 588 g/mol. The van der Waals surface area contributed by atoms with E-state index in [1.807, 2.05) is 91.0 Å². The molecule has 0 radical (unpaired) electrons. The molecule has 0 saturated heterocycles.